The molecule has 1 N–H and O–H groups in total. The number of carbonyl (C=O) groups excluding carboxylic acids is 1. The summed E-state index contributed by atoms with van der Waals surface area (Å²) < 4.78 is 0. The smallest absolute Gasteiger partial charge is 0.220 e. The van der Waals surface area contributed by atoms with Crippen LogP contribution >= 0.6 is 0 Å². The highest BCUT2D eigenvalue weighted by atomic mass is 16.1. The maximum absolute atomic E-state index is 11.7. The van der Waals surface area contributed by atoms with E-state index in [0.29, 0.717) is 12.8 Å². The van der Waals surface area contributed by atoms with Crippen LogP contribution < -0.4 is 5.32 Å². The normalized spacial score (nSPS) is 13.4. The van der Waals surface area contributed by atoms with Crippen molar-refractivity contribution in [3.63, 3.8) is 0 Å². The SMILES string of the molecule is CCC(C)NC(=O)CCC(C#N)c1cccc(C)c1. The fourth-order valence-corrected chi connectivity index (χ4v) is 1.92. The van der Waals surface area contributed by atoms with Crippen molar-refractivity contribution in [3.8, 4) is 6.07 Å². The number of nitriles is 1. The molecule has 0 radical (unpaired) electrons. The second kappa shape index (κ2) is 7.58. The van der Waals surface area contributed by atoms with Crippen molar-refractivity contribution >= 4 is 5.91 Å². The lowest BCUT2D eigenvalue weighted by Gasteiger charge is -2.13. The molecule has 0 saturated heterocycles. The fourth-order valence-electron chi connectivity index (χ4n) is 1.92. The maximum Gasteiger partial charge on any atom is 0.220 e. The number of rotatable bonds is 6. The Labute approximate surface area is 115 Å². The highest BCUT2D eigenvalue weighted by Gasteiger charge is 2.13. The van der Waals surface area contributed by atoms with Gasteiger partial charge in [0.2, 0.25) is 5.91 Å². The van der Waals surface area contributed by atoms with Crippen molar-refractivity contribution in [2.24, 2.45) is 0 Å². The van der Waals surface area contributed by atoms with Gasteiger partial charge >= 0.3 is 0 Å². The molecule has 0 aliphatic rings. The van der Waals surface area contributed by atoms with Crippen LogP contribution in [0.25, 0.3) is 0 Å². The van der Waals surface area contributed by atoms with E-state index in [4.69, 9.17) is 0 Å². The number of amides is 1. The zero-order valence-corrected chi connectivity index (χ0v) is 11.9. The summed E-state index contributed by atoms with van der Waals surface area (Å²) in [6.45, 7) is 6.03. The Morgan fingerprint density at radius 3 is 2.79 bits per heavy atom. The Morgan fingerprint density at radius 2 is 2.21 bits per heavy atom. The first kappa shape index (κ1) is 15.2. The third kappa shape index (κ3) is 5.13. The Hall–Kier alpha value is -1.82. The molecule has 1 rings (SSSR count). The van der Waals surface area contributed by atoms with Crippen LogP contribution in [0.2, 0.25) is 0 Å². The minimum atomic E-state index is -0.206. The standard InChI is InChI=1S/C16H22N2O/c1-4-13(3)18-16(19)9-8-15(11-17)14-7-5-6-12(2)10-14/h5-7,10,13,15H,4,8-9H2,1-3H3,(H,18,19). The zero-order chi connectivity index (χ0) is 14.3. The first-order valence-corrected chi connectivity index (χ1v) is 6.82. The average Bonchev–Trinajstić information content (AvgIpc) is 2.39. The first-order chi connectivity index (χ1) is 9.06. The zero-order valence-electron chi connectivity index (χ0n) is 11.9. The molecule has 0 aliphatic heterocycles. The third-order valence-electron chi connectivity index (χ3n) is 3.28. The van der Waals surface area contributed by atoms with Gasteiger partial charge in [-0.05, 0) is 32.3 Å². The number of nitrogens with one attached hydrogen (secondary N) is 1. The molecule has 1 aromatic carbocycles. The predicted octanol–water partition coefficient (Wildman–Crippen LogP) is 3.30. The molecule has 0 saturated carbocycles. The van der Waals surface area contributed by atoms with Gasteiger partial charge in [0.15, 0.2) is 0 Å². The Kier molecular flexibility index (Phi) is 6.08. The highest BCUT2D eigenvalue weighted by molar-refractivity contribution is 5.76. The summed E-state index contributed by atoms with van der Waals surface area (Å²) in [6, 6.07) is 10.4. The van der Waals surface area contributed by atoms with E-state index in [1.807, 2.05) is 45.0 Å². The monoisotopic (exact) mass is 258 g/mol. The van der Waals surface area contributed by atoms with Crippen LogP contribution in [0, 0.1) is 18.3 Å². The average molecular weight is 258 g/mol. The number of benzene rings is 1. The van der Waals surface area contributed by atoms with E-state index in [-0.39, 0.29) is 17.9 Å². The molecular formula is C16H22N2O. The third-order valence-corrected chi connectivity index (χ3v) is 3.28. The number of carbonyl (C=O) groups is 1. The van der Waals surface area contributed by atoms with E-state index in [1.54, 1.807) is 0 Å². The summed E-state index contributed by atoms with van der Waals surface area (Å²) in [5.41, 5.74) is 2.14. The van der Waals surface area contributed by atoms with Gasteiger partial charge < -0.3 is 5.32 Å². The Bertz CT molecular complexity index is 462. The van der Waals surface area contributed by atoms with Crippen molar-refractivity contribution in [2.75, 3.05) is 0 Å². The molecule has 0 fully saturated rings. The summed E-state index contributed by atoms with van der Waals surface area (Å²) in [6.07, 6.45) is 1.89. The van der Waals surface area contributed by atoms with Crippen LogP contribution in [0.15, 0.2) is 24.3 Å². The summed E-state index contributed by atoms with van der Waals surface area (Å²) in [5, 5.41) is 12.2. The molecule has 0 spiro atoms. The van der Waals surface area contributed by atoms with Gasteiger partial charge in [-0.25, -0.2) is 0 Å². The molecule has 1 aromatic rings. The minimum absolute atomic E-state index is 0.0299. The summed E-state index contributed by atoms with van der Waals surface area (Å²) >= 11 is 0. The van der Waals surface area contributed by atoms with E-state index in [2.05, 4.69) is 11.4 Å². The van der Waals surface area contributed by atoms with E-state index in [1.165, 1.54) is 0 Å². The van der Waals surface area contributed by atoms with Crippen LogP contribution in [0.3, 0.4) is 0 Å². The fraction of sp³-hybridized carbons (Fsp3) is 0.500. The van der Waals surface area contributed by atoms with Crippen molar-refractivity contribution in [1.29, 1.82) is 5.26 Å². The second-order valence-corrected chi connectivity index (χ2v) is 5.01. The molecule has 19 heavy (non-hydrogen) atoms. The highest BCUT2D eigenvalue weighted by Crippen LogP contribution is 2.21. The van der Waals surface area contributed by atoms with Crippen molar-refractivity contribution < 1.29 is 4.79 Å². The number of hydrogen-bond donors (Lipinski definition) is 1. The molecule has 102 valence electrons. The quantitative estimate of drug-likeness (QED) is 0.851. The molecule has 3 heteroatoms. The molecule has 3 nitrogen and oxygen atoms in total. The number of aryl methyl sites for hydroxylation is 1. The van der Waals surface area contributed by atoms with Gasteiger partial charge in [-0.15, -0.1) is 0 Å². The van der Waals surface area contributed by atoms with Crippen LogP contribution in [-0.4, -0.2) is 11.9 Å². The molecule has 2 unspecified atom stereocenters. The lowest BCUT2D eigenvalue weighted by molar-refractivity contribution is -0.121. The maximum atomic E-state index is 11.7. The van der Waals surface area contributed by atoms with E-state index in [0.717, 1.165) is 17.5 Å². The van der Waals surface area contributed by atoms with E-state index >= 15 is 0 Å². The van der Waals surface area contributed by atoms with Gasteiger partial charge in [-0.1, -0.05) is 36.8 Å². The van der Waals surface area contributed by atoms with Crippen LogP contribution in [0.1, 0.15) is 50.2 Å². The summed E-state index contributed by atoms with van der Waals surface area (Å²) in [5.74, 6) is -0.176. The van der Waals surface area contributed by atoms with Gasteiger partial charge in [0.1, 0.15) is 0 Å². The van der Waals surface area contributed by atoms with E-state index < -0.39 is 0 Å². The molecular weight excluding hydrogens is 236 g/mol. The molecule has 2 atom stereocenters. The van der Waals surface area contributed by atoms with Gasteiger partial charge in [-0.3, -0.25) is 4.79 Å². The van der Waals surface area contributed by atoms with Gasteiger partial charge in [0.05, 0.1) is 12.0 Å². The van der Waals surface area contributed by atoms with Gasteiger partial charge in [0.25, 0.3) is 0 Å². The largest absolute Gasteiger partial charge is 0.354 e. The molecule has 0 bridgehead atoms. The summed E-state index contributed by atoms with van der Waals surface area (Å²) in [4.78, 5) is 11.7. The number of nitrogens with zero attached hydrogens (tertiary/aromatic N) is 1. The van der Waals surface area contributed by atoms with Crippen molar-refractivity contribution in [2.45, 2.75) is 52.0 Å². The summed E-state index contributed by atoms with van der Waals surface area (Å²) in [7, 11) is 0. The van der Waals surface area contributed by atoms with Gasteiger partial charge in [-0.2, -0.15) is 5.26 Å². The first-order valence-electron chi connectivity index (χ1n) is 6.82. The van der Waals surface area contributed by atoms with Crippen LogP contribution in [0.5, 0.6) is 0 Å². The van der Waals surface area contributed by atoms with Crippen LogP contribution in [-0.2, 0) is 4.79 Å². The topological polar surface area (TPSA) is 52.9 Å². The Balaban J connectivity index is 2.55. The van der Waals surface area contributed by atoms with Gasteiger partial charge in [0, 0.05) is 12.5 Å². The second-order valence-electron chi connectivity index (χ2n) is 5.01. The Morgan fingerprint density at radius 1 is 1.47 bits per heavy atom. The lowest BCUT2D eigenvalue weighted by atomic mass is 9.94. The molecule has 0 heterocycles. The lowest BCUT2D eigenvalue weighted by Crippen LogP contribution is -2.31. The number of hydrogen-bond acceptors (Lipinski definition) is 2. The molecule has 0 aliphatic carbocycles. The van der Waals surface area contributed by atoms with Crippen LogP contribution in [0.4, 0.5) is 0 Å². The minimum Gasteiger partial charge on any atom is -0.354 e. The molecule has 0 aromatic heterocycles. The van der Waals surface area contributed by atoms with E-state index in [9.17, 15) is 10.1 Å². The van der Waals surface area contributed by atoms with Crippen molar-refractivity contribution in [1.82, 2.24) is 5.32 Å². The predicted molar refractivity (Wildman–Crippen MR) is 76.7 cm³/mol. The van der Waals surface area contributed by atoms with Crippen molar-refractivity contribution in [3.05, 3.63) is 35.4 Å². The molecule has 1 amide bonds.